The van der Waals surface area contributed by atoms with Crippen molar-refractivity contribution < 1.29 is 0 Å². The molecule has 0 saturated carbocycles. The van der Waals surface area contributed by atoms with Gasteiger partial charge in [0.15, 0.2) is 0 Å². The molecule has 0 spiro atoms. The van der Waals surface area contributed by atoms with Crippen molar-refractivity contribution >= 4 is 0 Å². The van der Waals surface area contributed by atoms with E-state index < -0.39 is 0 Å². The van der Waals surface area contributed by atoms with Crippen molar-refractivity contribution in [2.24, 2.45) is 0 Å². The standard InChI is InChI=1S/C5H9N3/c1-2-4-8-5-3-6-7-8/h2-3,5-7H,1,4H2. The second-order valence-corrected chi connectivity index (χ2v) is 1.51. The van der Waals surface area contributed by atoms with Crippen molar-refractivity contribution in [2.75, 3.05) is 6.54 Å². The lowest BCUT2D eigenvalue weighted by Crippen LogP contribution is -2.35. The van der Waals surface area contributed by atoms with E-state index in [-0.39, 0.29) is 0 Å². The Hall–Kier alpha value is -0.960. The first kappa shape index (κ1) is 5.18. The molecule has 3 heteroatoms. The second-order valence-electron chi connectivity index (χ2n) is 1.51. The Morgan fingerprint density at radius 3 is 3.12 bits per heavy atom. The summed E-state index contributed by atoms with van der Waals surface area (Å²) in [5.41, 5.74) is 5.66. The van der Waals surface area contributed by atoms with Crippen LogP contribution < -0.4 is 11.0 Å². The van der Waals surface area contributed by atoms with Gasteiger partial charge in [-0.2, -0.15) is 0 Å². The van der Waals surface area contributed by atoms with Crippen LogP contribution in [0.3, 0.4) is 0 Å². The van der Waals surface area contributed by atoms with Crippen LogP contribution in [0.25, 0.3) is 0 Å². The minimum Gasteiger partial charge on any atom is -0.310 e. The fourth-order valence-electron chi connectivity index (χ4n) is 0.530. The Kier molecular flexibility index (Phi) is 1.54. The molecule has 1 aliphatic rings. The average molecular weight is 111 g/mol. The first-order valence-corrected chi connectivity index (χ1v) is 2.49. The van der Waals surface area contributed by atoms with E-state index in [1.807, 2.05) is 23.5 Å². The van der Waals surface area contributed by atoms with Gasteiger partial charge in [-0.05, 0) is 0 Å². The smallest absolute Gasteiger partial charge is 0.0534 e. The summed E-state index contributed by atoms with van der Waals surface area (Å²) in [7, 11) is 0. The molecule has 1 aliphatic heterocycles. The molecule has 0 aromatic heterocycles. The molecule has 2 N–H and O–H groups in total. The molecule has 3 nitrogen and oxygen atoms in total. The summed E-state index contributed by atoms with van der Waals surface area (Å²) < 4.78 is 0. The highest BCUT2D eigenvalue weighted by Crippen LogP contribution is 1.86. The molecule has 0 aromatic rings. The fraction of sp³-hybridized carbons (Fsp3) is 0.200. The van der Waals surface area contributed by atoms with E-state index >= 15 is 0 Å². The topological polar surface area (TPSA) is 27.3 Å². The Morgan fingerprint density at radius 2 is 2.62 bits per heavy atom. The number of nitrogens with one attached hydrogen (secondary N) is 2. The fourth-order valence-corrected chi connectivity index (χ4v) is 0.530. The normalized spacial score (nSPS) is 16.2. The summed E-state index contributed by atoms with van der Waals surface area (Å²) in [5, 5.41) is 1.88. The van der Waals surface area contributed by atoms with E-state index in [9.17, 15) is 0 Å². The predicted octanol–water partition coefficient (Wildman–Crippen LogP) is -0.0316. The van der Waals surface area contributed by atoms with Gasteiger partial charge in [-0.15, -0.1) is 12.1 Å². The Balaban J connectivity index is 2.25. The monoisotopic (exact) mass is 111 g/mol. The maximum atomic E-state index is 3.58. The molecule has 0 aliphatic carbocycles. The van der Waals surface area contributed by atoms with Gasteiger partial charge in [0.25, 0.3) is 0 Å². The number of hydrogen-bond donors (Lipinski definition) is 2. The molecule has 8 heavy (non-hydrogen) atoms. The summed E-state index contributed by atoms with van der Waals surface area (Å²) >= 11 is 0. The van der Waals surface area contributed by atoms with Crippen LogP contribution in [0.2, 0.25) is 0 Å². The van der Waals surface area contributed by atoms with Crippen molar-refractivity contribution in [2.45, 2.75) is 0 Å². The Labute approximate surface area is 48.6 Å². The summed E-state index contributed by atoms with van der Waals surface area (Å²) in [4.78, 5) is 0. The van der Waals surface area contributed by atoms with E-state index in [1.165, 1.54) is 0 Å². The summed E-state index contributed by atoms with van der Waals surface area (Å²) in [6.07, 6.45) is 5.55. The van der Waals surface area contributed by atoms with Gasteiger partial charge in [0.1, 0.15) is 0 Å². The van der Waals surface area contributed by atoms with Gasteiger partial charge in [0.2, 0.25) is 0 Å². The zero-order chi connectivity index (χ0) is 5.82. The Morgan fingerprint density at radius 1 is 1.75 bits per heavy atom. The van der Waals surface area contributed by atoms with Crippen LogP contribution in [-0.2, 0) is 0 Å². The molecular weight excluding hydrogens is 102 g/mol. The second kappa shape index (κ2) is 2.37. The molecule has 0 atom stereocenters. The van der Waals surface area contributed by atoms with Gasteiger partial charge in [0.05, 0.1) is 6.54 Å². The van der Waals surface area contributed by atoms with E-state index in [2.05, 4.69) is 17.5 Å². The molecule has 1 heterocycles. The number of rotatable bonds is 2. The number of hydrazine groups is 2. The summed E-state index contributed by atoms with van der Waals surface area (Å²) in [6, 6.07) is 0. The van der Waals surface area contributed by atoms with E-state index in [1.54, 1.807) is 0 Å². The number of nitrogens with zero attached hydrogens (tertiary/aromatic N) is 1. The first-order chi connectivity index (χ1) is 3.93. The highest BCUT2D eigenvalue weighted by atomic mass is 15.7. The average Bonchev–Trinajstić information content (AvgIpc) is 2.19. The molecule has 0 saturated heterocycles. The first-order valence-electron chi connectivity index (χ1n) is 2.49. The maximum Gasteiger partial charge on any atom is 0.0534 e. The number of hydrogen-bond acceptors (Lipinski definition) is 3. The lowest BCUT2D eigenvalue weighted by Gasteiger charge is -2.10. The van der Waals surface area contributed by atoms with Crippen LogP contribution in [0.4, 0.5) is 0 Å². The molecule has 0 amide bonds. The van der Waals surface area contributed by atoms with Gasteiger partial charge < -0.3 is 5.43 Å². The van der Waals surface area contributed by atoms with Crippen LogP contribution in [0.1, 0.15) is 0 Å². The van der Waals surface area contributed by atoms with Crippen LogP contribution in [0.5, 0.6) is 0 Å². The van der Waals surface area contributed by atoms with E-state index in [0.29, 0.717) is 0 Å². The maximum absolute atomic E-state index is 3.58. The van der Waals surface area contributed by atoms with E-state index in [4.69, 9.17) is 0 Å². The largest absolute Gasteiger partial charge is 0.310 e. The van der Waals surface area contributed by atoms with Crippen molar-refractivity contribution in [3.05, 3.63) is 25.1 Å². The summed E-state index contributed by atoms with van der Waals surface area (Å²) in [6.45, 7) is 4.40. The minimum atomic E-state index is 0.823. The van der Waals surface area contributed by atoms with Crippen molar-refractivity contribution in [1.29, 1.82) is 0 Å². The quantitative estimate of drug-likeness (QED) is 0.490. The molecule has 0 bridgehead atoms. The molecule has 0 radical (unpaired) electrons. The van der Waals surface area contributed by atoms with Crippen molar-refractivity contribution in [3.8, 4) is 0 Å². The highest BCUT2D eigenvalue weighted by Gasteiger charge is 1.95. The molecule has 0 unspecified atom stereocenters. The van der Waals surface area contributed by atoms with Gasteiger partial charge >= 0.3 is 0 Å². The van der Waals surface area contributed by atoms with Gasteiger partial charge in [0, 0.05) is 12.4 Å². The third-order valence-electron chi connectivity index (χ3n) is 0.872. The zero-order valence-corrected chi connectivity index (χ0v) is 4.59. The highest BCUT2D eigenvalue weighted by molar-refractivity contribution is 4.86. The lowest BCUT2D eigenvalue weighted by atomic mass is 10.6. The van der Waals surface area contributed by atoms with Crippen LogP contribution >= 0.6 is 0 Å². The predicted molar refractivity (Wildman–Crippen MR) is 32.3 cm³/mol. The molecule has 0 aromatic carbocycles. The van der Waals surface area contributed by atoms with Crippen molar-refractivity contribution in [3.63, 3.8) is 0 Å². The molecule has 1 rings (SSSR count). The van der Waals surface area contributed by atoms with Gasteiger partial charge in [-0.25, -0.2) is 0 Å². The third kappa shape index (κ3) is 1.01. The molecule has 0 fully saturated rings. The third-order valence-corrected chi connectivity index (χ3v) is 0.872. The SMILES string of the molecule is C=CCN1C=CNN1. The van der Waals surface area contributed by atoms with Crippen LogP contribution in [0.15, 0.2) is 25.1 Å². The lowest BCUT2D eigenvalue weighted by molar-refractivity contribution is 0.299. The minimum absolute atomic E-state index is 0.823. The molecular formula is C5H9N3. The Bertz CT molecular complexity index is 108. The van der Waals surface area contributed by atoms with Crippen LogP contribution in [-0.4, -0.2) is 11.6 Å². The summed E-state index contributed by atoms with van der Waals surface area (Å²) in [5.74, 6) is 0. The van der Waals surface area contributed by atoms with Crippen LogP contribution in [0, 0.1) is 0 Å². The zero-order valence-electron chi connectivity index (χ0n) is 4.59. The van der Waals surface area contributed by atoms with Gasteiger partial charge in [-0.3, -0.25) is 5.01 Å². The van der Waals surface area contributed by atoms with Crippen molar-refractivity contribution in [1.82, 2.24) is 16.0 Å². The van der Waals surface area contributed by atoms with Gasteiger partial charge in [-0.1, -0.05) is 6.08 Å². The van der Waals surface area contributed by atoms with E-state index in [0.717, 1.165) is 6.54 Å². The molecule has 44 valence electrons.